The van der Waals surface area contributed by atoms with E-state index in [4.69, 9.17) is 10.5 Å². The summed E-state index contributed by atoms with van der Waals surface area (Å²) in [5, 5.41) is 0. The number of nitrogens with one attached hydrogen (secondary N) is 1. The van der Waals surface area contributed by atoms with E-state index in [-0.39, 0.29) is 5.69 Å². The summed E-state index contributed by atoms with van der Waals surface area (Å²) in [5.41, 5.74) is 7.32. The van der Waals surface area contributed by atoms with Gasteiger partial charge in [-0.1, -0.05) is 0 Å². The summed E-state index contributed by atoms with van der Waals surface area (Å²) >= 11 is 0. The van der Waals surface area contributed by atoms with Crippen molar-refractivity contribution in [3.8, 4) is 22.8 Å². The van der Waals surface area contributed by atoms with Crippen molar-refractivity contribution in [2.45, 2.75) is 0 Å². The Morgan fingerprint density at radius 3 is 2.70 bits per heavy atom. The van der Waals surface area contributed by atoms with E-state index in [1.165, 1.54) is 18.2 Å². The molecule has 2 aromatic heterocycles. The van der Waals surface area contributed by atoms with E-state index in [0.717, 1.165) is 11.3 Å². The lowest BCUT2D eigenvalue weighted by Crippen LogP contribution is -1.92. The maximum absolute atomic E-state index is 13.1. The average molecular weight is 269 g/mol. The molecule has 0 aliphatic carbocycles. The number of ether oxygens (including phenoxy) is 1. The van der Waals surface area contributed by atoms with Gasteiger partial charge in [-0.3, -0.25) is 4.98 Å². The number of aromatic amines is 1. The molecule has 0 saturated heterocycles. The van der Waals surface area contributed by atoms with Crippen LogP contribution in [0.4, 0.5) is 10.1 Å². The summed E-state index contributed by atoms with van der Waals surface area (Å²) in [6.07, 6.45) is 5.33. The molecular formula is C15H12FN3O. The Bertz CT molecular complexity index is 726. The first kappa shape index (κ1) is 12.2. The zero-order chi connectivity index (χ0) is 13.9. The maximum atomic E-state index is 13.1. The van der Waals surface area contributed by atoms with Crippen LogP contribution in [0.25, 0.3) is 11.3 Å². The predicted octanol–water partition coefficient (Wildman–Crippen LogP) is 3.59. The van der Waals surface area contributed by atoms with Crippen molar-refractivity contribution in [2.24, 2.45) is 0 Å². The third-order valence-corrected chi connectivity index (χ3v) is 2.83. The van der Waals surface area contributed by atoms with Crippen molar-refractivity contribution in [3.05, 3.63) is 60.8 Å². The summed E-state index contributed by atoms with van der Waals surface area (Å²) in [4.78, 5) is 7.24. The van der Waals surface area contributed by atoms with Crippen molar-refractivity contribution in [1.82, 2.24) is 9.97 Å². The molecule has 3 N–H and O–H groups in total. The lowest BCUT2D eigenvalue weighted by molar-refractivity contribution is 0.480. The van der Waals surface area contributed by atoms with Crippen LogP contribution in [0.5, 0.6) is 11.5 Å². The molecule has 0 unspecified atom stereocenters. The lowest BCUT2D eigenvalue weighted by Gasteiger charge is -2.07. The van der Waals surface area contributed by atoms with Crippen LogP contribution in [0.15, 0.2) is 55.0 Å². The van der Waals surface area contributed by atoms with Crippen molar-refractivity contribution >= 4 is 5.69 Å². The number of nitrogen functional groups attached to an aromatic ring is 1. The summed E-state index contributed by atoms with van der Waals surface area (Å²) in [7, 11) is 0. The van der Waals surface area contributed by atoms with Gasteiger partial charge in [-0.25, -0.2) is 4.39 Å². The van der Waals surface area contributed by atoms with Crippen LogP contribution < -0.4 is 10.5 Å². The number of hydrogen-bond donors (Lipinski definition) is 2. The van der Waals surface area contributed by atoms with Gasteiger partial charge in [-0.2, -0.15) is 0 Å². The Morgan fingerprint density at radius 2 is 1.95 bits per heavy atom. The molecule has 0 fully saturated rings. The molecule has 0 saturated carbocycles. The zero-order valence-corrected chi connectivity index (χ0v) is 10.5. The van der Waals surface area contributed by atoms with E-state index in [9.17, 15) is 4.39 Å². The fourth-order valence-corrected chi connectivity index (χ4v) is 1.84. The molecular weight excluding hydrogens is 257 g/mol. The Morgan fingerprint density at radius 1 is 1.10 bits per heavy atom. The van der Waals surface area contributed by atoms with Crippen molar-refractivity contribution in [2.75, 3.05) is 5.73 Å². The Labute approximate surface area is 115 Å². The predicted molar refractivity (Wildman–Crippen MR) is 74.9 cm³/mol. The van der Waals surface area contributed by atoms with E-state index in [1.54, 1.807) is 12.3 Å². The van der Waals surface area contributed by atoms with Gasteiger partial charge in [0.05, 0.1) is 11.4 Å². The summed E-state index contributed by atoms with van der Waals surface area (Å²) in [6.45, 7) is 0. The van der Waals surface area contributed by atoms with Crippen LogP contribution in [0.1, 0.15) is 0 Å². The quantitative estimate of drug-likeness (QED) is 0.714. The van der Waals surface area contributed by atoms with Crippen LogP contribution in [0.2, 0.25) is 0 Å². The highest BCUT2D eigenvalue weighted by Gasteiger charge is 2.05. The molecule has 0 amide bonds. The molecule has 4 nitrogen and oxygen atoms in total. The topological polar surface area (TPSA) is 63.9 Å². The highest BCUT2D eigenvalue weighted by Crippen LogP contribution is 2.27. The number of nitrogens with zero attached hydrogens (tertiary/aromatic N) is 1. The average Bonchev–Trinajstić information content (AvgIpc) is 2.97. The van der Waals surface area contributed by atoms with Crippen LogP contribution in [-0.4, -0.2) is 9.97 Å². The van der Waals surface area contributed by atoms with Gasteiger partial charge in [-0.15, -0.1) is 0 Å². The number of benzene rings is 1. The molecule has 1 aromatic carbocycles. The zero-order valence-electron chi connectivity index (χ0n) is 10.5. The number of nitrogens with two attached hydrogens (primary N) is 1. The van der Waals surface area contributed by atoms with Crippen LogP contribution in [-0.2, 0) is 0 Å². The highest BCUT2D eigenvalue weighted by atomic mass is 19.1. The number of aromatic nitrogens is 2. The van der Waals surface area contributed by atoms with E-state index in [0.29, 0.717) is 11.5 Å². The fourth-order valence-electron chi connectivity index (χ4n) is 1.84. The first-order valence-corrected chi connectivity index (χ1v) is 6.04. The highest BCUT2D eigenvalue weighted by molar-refractivity contribution is 5.59. The Kier molecular flexibility index (Phi) is 3.09. The second kappa shape index (κ2) is 5.05. The fraction of sp³-hybridized carbons (Fsp3) is 0. The van der Waals surface area contributed by atoms with Crippen molar-refractivity contribution in [3.63, 3.8) is 0 Å². The summed E-state index contributed by atoms with van der Waals surface area (Å²) < 4.78 is 18.7. The van der Waals surface area contributed by atoms with Crippen molar-refractivity contribution in [1.29, 1.82) is 0 Å². The maximum Gasteiger partial charge on any atom is 0.146 e. The molecule has 0 aliphatic rings. The monoisotopic (exact) mass is 269 g/mol. The van der Waals surface area contributed by atoms with Gasteiger partial charge in [0.25, 0.3) is 0 Å². The number of rotatable bonds is 3. The van der Waals surface area contributed by atoms with Crippen molar-refractivity contribution < 1.29 is 9.13 Å². The molecule has 5 heteroatoms. The molecule has 0 aliphatic heterocycles. The molecule has 100 valence electrons. The standard InChI is InChI=1S/C15H12FN3O/c16-13-2-1-11(7-14(13)17)20-12-4-6-19-15(8-12)10-3-5-18-9-10/h1-9,18H,17H2. The number of H-pyrrole nitrogens is 1. The van der Waals surface area contributed by atoms with Gasteiger partial charge >= 0.3 is 0 Å². The first-order chi connectivity index (χ1) is 9.72. The SMILES string of the molecule is Nc1cc(Oc2ccnc(-c3cc[nH]c3)c2)ccc1F. The summed E-state index contributed by atoms with van der Waals surface area (Å²) in [6, 6.07) is 9.72. The van der Waals surface area contributed by atoms with Crippen LogP contribution in [0.3, 0.4) is 0 Å². The smallest absolute Gasteiger partial charge is 0.146 e. The molecule has 20 heavy (non-hydrogen) atoms. The Balaban J connectivity index is 1.87. The van der Waals surface area contributed by atoms with Gasteiger partial charge in [0, 0.05) is 36.3 Å². The molecule has 3 rings (SSSR count). The van der Waals surface area contributed by atoms with Crippen LogP contribution in [0, 0.1) is 5.82 Å². The number of anilines is 1. The molecule has 0 atom stereocenters. The largest absolute Gasteiger partial charge is 0.457 e. The van der Waals surface area contributed by atoms with Crippen LogP contribution >= 0.6 is 0 Å². The van der Waals surface area contributed by atoms with Gasteiger partial charge in [0.15, 0.2) is 0 Å². The third kappa shape index (κ3) is 2.47. The molecule has 0 spiro atoms. The van der Waals surface area contributed by atoms with E-state index >= 15 is 0 Å². The number of hydrogen-bond acceptors (Lipinski definition) is 3. The number of halogens is 1. The minimum Gasteiger partial charge on any atom is -0.457 e. The summed E-state index contributed by atoms with van der Waals surface area (Å²) in [5.74, 6) is 0.636. The molecule has 0 bridgehead atoms. The first-order valence-electron chi connectivity index (χ1n) is 6.04. The van der Waals surface area contributed by atoms with E-state index in [1.807, 2.05) is 24.5 Å². The second-order valence-corrected chi connectivity index (χ2v) is 4.26. The third-order valence-electron chi connectivity index (χ3n) is 2.83. The second-order valence-electron chi connectivity index (χ2n) is 4.26. The lowest BCUT2D eigenvalue weighted by atomic mass is 10.2. The minimum atomic E-state index is -0.458. The number of pyridine rings is 1. The van der Waals surface area contributed by atoms with E-state index in [2.05, 4.69) is 9.97 Å². The van der Waals surface area contributed by atoms with Gasteiger partial charge < -0.3 is 15.5 Å². The molecule has 3 aromatic rings. The van der Waals surface area contributed by atoms with E-state index < -0.39 is 5.82 Å². The minimum absolute atomic E-state index is 0.0578. The van der Waals surface area contributed by atoms with Gasteiger partial charge in [0.1, 0.15) is 17.3 Å². The normalized spacial score (nSPS) is 10.4. The van der Waals surface area contributed by atoms with Gasteiger partial charge in [-0.05, 0) is 24.3 Å². The Hall–Kier alpha value is -2.82. The van der Waals surface area contributed by atoms with Gasteiger partial charge in [0.2, 0.25) is 0 Å². The molecule has 0 radical (unpaired) electrons. The molecule has 2 heterocycles.